The number of carbonyl (C=O) groups is 3. The lowest BCUT2D eigenvalue weighted by Crippen LogP contribution is -2.39. The highest BCUT2D eigenvalue weighted by Gasteiger charge is 2.40. The molecule has 4 rings (SSSR count). The molecule has 0 atom stereocenters. The molecule has 0 N–H and O–H groups in total. The van der Waals surface area contributed by atoms with E-state index < -0.39 is 5.92 Å². The maximum absolute atomic E-state index is 13.2. The van der Waals surface area contributed by atoms with Gasteiger partial charge in [0.05, 0.1) is 7.11 Å². The highest BCUT2D eigenvalue weighted by Crippen LogP contribution is 2.30. The van der Waals surface area contributed by atoms with Gasteiger partial charge in [-0.3, -0.25) is 14.4 Å². The molecule has 0 saturated carbocycles. The quantitative estimate of drug-likeness (QED) is 0.622. The average Bonchev–Trinajstić information content (AvgIpc) is 3.02. The number of ether oxygens (including phenoxy) is 1. The van der Waals surface area contributed by atoms with Gasteiger partial charge in [-0.05, 0) is 36.4 Å². The predicted octanol–water partition coefficient (Wildman–Crippen LogP) is 4.04. The Kier molecular flexibility index (Phi) is 4.96. The zero-order valence-corrected chi connectivity index (χ0v) is 15.9. The van der Waals surface area contributed by atoms with E-state index in [1.54, 1.807) is 79.9 Å². The number of amides is 1. The second kappa shape index (κ2) is 7.72. The van der Waals surface area contributed by atoms with Gasteiger partial charge in [-0.15, -0.1) is 0 Å². The number of hydrogen-bond donors (Lipinski definition) is 0. The largest absolute Gasteiger partial charge is 0.497 e. The van der Waals surface area contributed by atoms with Crippen molar-refractivity contribution in [1.29, 1.82) is 0 Å². The van der Waals surface area contributed by atoms with Crippen molar-refractivity contribution in [3.8, 4) is 5.75 Å². The van der Waals surface area contributed by atoms with Crippen molar-refractivity contribution in [3.63, 3.8) is 0 Å². The Hall–Kier alpha value is -3.73. The van der Waals surface area contributed by atoms with Crippen LogP contribution in [0.2, 0.25) is 0 Å². The van der Waals surface area contributed by atoms with Crippen molar-refractivity contribution in [2.75, 3.05) is 18.6 Å². The SMILES string of the molecule is COc1ccc(N(CC2C(=O)c3ccccc3C2=O)C(=O)c2ccccc2)cc1. The van der Waals surface area contributed by atoms with Crippen LogP contribution in [0.1, 0.15) is 31.1 Å². The Labute approximate surface area is 168 Å². The Morgan fingerprint density at radius 2 is 1.38 bits per heavy atom. The molecule has 0 radical (unpaired) electrons. The van der Waals surface area contributed by atoms with Crippen molar-refractivity contribution in [2.24, 2.45) is 5.92 Å². The van der Waals surface area contributed by atoms with Crippen LogP contribution in [-0.2, 0) is 0 Å². The van der Waals surface area contributed by atoms with Crippen LogP contribution in [0.15, 0.2) is 78.9 Å². The molecule has 0 bridgehead atoms. The van der Waals surface area contributed by atoms with Gasteiger partial charge in [0.15, 0.2) is 11.6 Å². The summed E-state index contributed by atoms with van der Waals surface area (Å²) in [6.45, 7) is -0.0214. The molecule has 3 aromatic rings. The van der Waals surface area contributed by atoms with E-state index in [4.69, 9.17) is 4.74 Å². The minimum Gasteiger partial charge on any atom is -0.497 e. The van der Waals surface area contributed by atoms with Gasteiger partial charge in [0.25, 0.3) is 5.91 Å². The number of methoxy groups -OCH3 is 1. The summed E-state index contributed by atoms with van der Waals surface area (Å²) in [5.41, 5.74) is 1.92. The van der Waals surface area contributed by atoms with E-state index in [9.17, 15) is 14.4 Å². The summed E-state index contributed by atoms with van der Waals surface area (Å²) in [6.07, 6.45) is 0. The van der Waals surface area contributed by atoms with Crippen molar-refractivity contribution in [2.45, 2.75) is 0 Å². The standard InChI is InChI=1S/C24H19NO4/c1-29-18-13-11-17(12-14-18)25(24(28)16-7-3-2-4-8-16)15-21-22(26)19-9-5-6-10-20(19)23(21)27/h2-14,21H,15H2,1H3. The molecule has 0 saturated heterocycles. The second-order valence-corrected chi connectivity index (χ2v) is 6.81. The minimum absolute atomic E-state index is 0.0214. The van der Waals surface area contributed by atoms with Crippen LogP contribution < -0.4 is 9.64 Å². The summed E-state index contributed by atoms with van der Waals surface area (Å²) in [5, 5.41) is 0. The summed E-state index contributed by atoms with van der Waals surface area (Å²) in [4.78, 5) is 40.4. The molecule has 1 aliphatic carbocycles. The molecule has 5 heteroatoms. The summed E-state index contributed by atoms with van der Waals surface area (Å²) in [7, 11) is 1.56. The van der Waals surface area contributed by atoms with Crippen molar-refractivity contribution < 1.29 is 19.1 Å². The Morgan fingerprint density at radius 3 is 1.93 bits per heavy atom. The zero-order valence-electron chi connectivity index (χ0n) is 15.9. The molecule has 1 amide bonds. The fourth-order valence-corrected chi connectivity index (χ4v) is 3.56. The van der Waals surface area contributed by atoms with E-state index in [0.717, 1.165) is 0 Å². The first kappa shape index (κ1) is 18.6. The lowest BCUT2D eigenvalue weighted by atomic mass is 10.0. The van der Waals surface area contributed by atoms with E-state index in [1.165, 1.54) is 4.90 Å². The number of fused-ring (bicyclic) bond motifs is 1. The molecule has 0 aliphatic heterocycles. The summed E-state index contributed by atoms with van der Waals surface area (Å²) >= 11 is 0. The number of carbonyl (C=O) groups excluding carboxylic acids is 3. The van der Waals surface area contributed by atoms with Crippen molar-refractivity contribution >= 4 is 23.2 Å². The van der Waals surface area contributed by atoms with E-state index >= 15 is 0 Å². The monoisotopic (exact) mass is 385 g/mol. The Balaban J connectivity index is 1.70. The number of benzene rings is 3. The molecule has 3 aromatic carbocycles. The highest BCUT2D eigenvalue weighted by molar-refractivity contribution is 6.27. The fraction of sp³-hybridized carbons (Fsp3) is 0.125. The lowest BCUT2D eigenvalue weighted by molar-refractivity contribution is 0.0838. The third-order valence-electron chi connectivity index (χ3n) is 5.11. The second-order valence-electron chi connectivity index (χ2n) is 6.81. The van der Waals surface area contributed by atoms with Gasteiger partial charge in [0, 0.05) is 28.9 Å². The molecule has 144 valence electrons. The van der Waals surface area contributed by atoms with Gasteiger partial charge in [-0.2, -0.15) is 0 Å². The van der Waals surface area contributed by atoms with Crippen LogP contribution in [0.25, 0.3) is 0 Å². The summed E-state index contributed by atoms with van der Waals surface area (Å²) < 4.78 is 5.19. The van der Waals surface area contributed by atoms with Crippen molar-refractivity contribution in [1.82, 2.24) is 0 Å². The minimum atomic E-state index is -0.915. The zero-order chi connectivity index (χ0) is 20.4. The normalized spacial score (nSPS) is 13.3. The lowest BCUT2D eigenvalue weighted by Gasteiger charge is -2.25. The van der Waals surface area contributed by atoms with Gasteiger partial charge in [-0.1, -0.05) is 42.5 Å². The van der Waals surface area contributed by atoms with Crippen LogP contribution in [0, 0.1) is 5.92 Å². The van der Waals surface area contributed by atoms with Crippen LogP contribution in [0.3, 0.4) is 0 Å². The fourth-order valence-electron chi connectivity index (χ4n) is 3.56. The van der Waals surface area contributed by atoms with Gasteiger partial charge in [0.1, 0.15) is 11.7 Å². The first-order chi connectivity index (χ1) is 14.1. The first-order valence-electron chi connectivity index (χ1n) is 9.28. The van der Waals surface area contributed by atoms with Crippen LogP contribution in [-0.4, -0.2) is 31.1 Å². The Bertz CT molecular complexity index is 1040. The van der Waals surface area contributed by atoms with E-state index in [2.05, 4.69) is 0 Å². The van der Waals surface area contributed by atoms with Crippen molar-refractivity contribution in [3.05, 3.63) is 95.6 Å². The predicted molar refractivity (Wildman–Crippen MR) is 110 cm³/mol. The smallest absolute Gasteiger partial charge is 0.258 e. The van der Waals surface area contributed by atoms with E-state index in [-0.39, 0.29) is 24.0 Å². The number of nitrogens with zero attached hydrogens (tertiary/aromatic N) is 1. The Morgan fingerprint density at radius 1 is 0.828 bits per heavy atom. The topological polar surface area (TPSA) is 63.7 Å². The molecular formula is C24H19NO4. The molecule has 0 heterocycles. The third kappa shape index (κ3) is 3.43. The van der Waals surface area contributed by atoms with E-state index in [1.807, 2.05) is 6.07 Å². The highest BCUT2D eigenvalue weighted by atomic mass is 16.5. The van der Waals surface area contributed by atoms with Gasteiger partial charge >= 0.3 is 0 Å². The molecule has 1 aliphatic rings. The average molecular weight is 385 g/mol. The number of hydrogen-bond acceptors (Lipinski definition) is 4. The number of rotatable bonds is 5. The van der Waals surface area contributed by atoms with Crippen LogP contribution in [0.4, 0.5) is 5.69 Å². The van der Waals surface area contributed by atoms with Crippen LogP contribution in [0.5, 0.6) is 5.75 Å². The number of ketones is 2. The number of anilines is 1. The molecule has 0 unspecified atom stereocenters. The van der Waals surface area contributed by atoms with Gasteiger partial charge in [0.2, 0.25) is 0 Å². The first-order valence-corrected chi connectivity index (χ1v) is 9.28. The van der Waals surface area contributed by atoms with Gasteiger partial charge < -0.3 is 9.64 Å². The molecule has 0 aromatic heterocycles. The third-order valence-corrected chi connectivity index (χ3v) is 5.11. The van der Waals surface area contributed by atoms with E-state index in [0.29, 0.717) is 28.1 Å². The van der Waals surface area contributed by atoms with Gasteiger partial charge in [-0.25, -0.2) is 0 Å². The summed E-state index contributed by atoms with van der Waals surface area (Å²) in [5.74, 6) is -1.02. The maximum atomic E-state index is 13.2. The molecule has 29 heavy (non-hydrogen) atoms. The molecule has 0 spiro atoms. The maximum Gasteiger partial charge on any atom is 0.258 e. The van der Waals surface area contributed by atoms with Crippen LogP contribution >= 0.6 is 0 Å². The molecular weight excluding hydrogens is 366 g/mol. The molecule has 5 nitrogen and oxygen atoms in total. The summed E-state index contributed by atoms with van der Waals surface area (Å²) in [6, 6.07) is 22.6. The molecule has 0 fully saturated rings. The number of Topliss-reactive ketones (excluding diaryl/α,β-unsaturated/α-hetero) is 2.